The van der Waals surface area contributed by atoms with Gasteiger partial charge < -0.3 is 15.1 Å². The van der Waals surface area contributed by atoms with E-state index in [9.17, 15) is 9.90 Å². The Hall–Kier alpha value is -2.51. The van der Waals surface area contributed by atoms with E-state index >= 15 is 0 Å². The molecule has 2 saturated heterocycles. The molecule has 0 unspecified atom stereocenters. The summed E-state index contributed by atoms with van der Waals surface area (Å²) in [6.07, 6.45) is 7.66. The Labute approximate surface area is 176 Å². The number of hydrogen-bond acceptors (Lipinski definition) is 5. The molecule has 3 heterocycles. The zero-order valence-electron chi connectivity index (χ0n) is 17.1. The van der Waals surface area contributed by atoms with Gasteiger partial charge in [-0.1, -0.05) is 12.1 Å². The van der Waals surface area contributed by atoms with Crippen molar-refractivity contribution in [3.05, 3.63) is 42.2 Å². The summed E-state index contributed by atoms with van der Waals surface area (Å²) in [6.45, 7) is 3.58. The second-order valence-electron chi connectivity index (χ2n) is 8.59. The van der Waals surface area contributed by atoms with Gasteiger partial charge in [0.15, 0.2) is 0 Å². The Balaban J connectivity index is 0.000000687. The molecule has 3 fully saturated rings. The van der Waals surface area contributed by atoms with Crippen LogP contribution < -0.4 is 0 Å². The number of likely N-dealkylation sites (tertiary alicyclic amines) is 2. The molecule has 1 aromatic carbocycles. The average Bonchev–Trinajstić information content (AvgIpc) is 3.42. The lowest BCUT2D eigenvalue weighted by Gasteiger charge is -2.40. The summed E-state index contributed by atoms with van der Waals surface area (Å²) >= 11 is 0. The van der Waals surface area contributed by atoms with Crippen molar-refractivity contribution in [2.45, 2.75) is 37.8 Å². The van der Waals surface area contributed by atoms with Gasteiger partial charge >= 0.3 is 0 Å². The lowest BCUT2D eigenvalue weighted by atomic mass is 9.77. The molecular weight excluding hydrogens is 382 g/mol. The quantitative estimate of drug-likeness (QED) is 0.736. The maximum Gasteiger partial charge on any atom is 0.290 e. The number of benzene rings is 1. The minimum atomic E-state index is -0.250. The van der Waals surface area contributed by atoms with E-state index in [0.29, 0.717) is 11.8 Å². The third kappa shape index (κ3) is 4.04. The van der Waals surface area contributed by atoms with Crippen LogP contribution >= 0.6 is 0 Å². The van der Waals surface area contributed by atoms with Crippen LogP contribution in [-0.2, 0) is 4.79 Å². The van der Waals surface area contributed by atoms with E-state index in [-0.39, 0.29) is 24.5 Å². The van der Waals surface area contributed by atoms with E-state index in [4.69, 9.17) is 9.90 Å². The van der Waals surface area contributed by atoms with Crippen LogP contribution in [0.1, 0.15) is 36.0 Å². The van der Waals surface area contributed by atoms with Crippen LogP contribution in [-0.4, -0.2) is 75.7 Å². The Morgan fingerprint density at radius 2 is 1.80 bits per heavy atom. The SMILES string of the molecule is O=C(c1cccc2cnccc12)N1C[C@H]2C[C@@H](N3CCCC3)[C@H](O)C[C@H]2C1.O=CO. The van der Waals surface area contributed by atoms with E-state index in [1.54, 1.807) is 6.20 Å². The molecule has 1 saturated carbocycles. The summed E-state index contributed by atoms with van der Waals surface area (Å²) in [5.41, 5.74) is 0.769. The molecule has 1 amide bonds. The molecule has 1 aromatic heterocycles. The van der Waals surface area contributed by atoms with Gasteiger partial charge in [0, 0.05) is 42.5 Å². The number of carbonyl (C=O) groups excluding carboxylic acids is 1. The number of nitrogens with zero attached hydrogens (tertiary/aromatic N) is 3. The monoisotopic (exact) mass is 411 g/mol. The zero-order chi connectivity index (χ0) is 21.1. The average molecular weight is 412 g/mol. The molecular formula is C23H29N3O4. The molecule has 160 valence electrons. The highest BCUT2D eigenvalue weighted by Crippen LogP contribution is 2.39. The number of amides is 1. The Kier molecular flexibility index (Phi) is 6.29. The number of carboxylic acid groups (broad SMARTS) is 1. The van der Waals surface area contributed by atoms with E-state index in [1.807, 2.05) is 35.4 Å². The van der Waals surface area contributed by atoms with Crippen LogP contribution in [0.2, 0.25) is 0 Å². The summed E-state index contributed by atoms with van der Waals surface area (Å²) in [4.78, 5) is 30.3. The van der Waals surface area contributed by atoms with Gasteiger partial charge in [-0.3, -0.25) is 19.5 Å². The van der Waals surface area contributed by atoms with Crippen molar-refractivity contribution in [2.24, 2.45) is 11.8 Å². The van der Waals surface area contributed by atoms with Crippen molar-refractivity contribution < 1.29 is 19.8 Å². The second kappa shape index (κ2) is 9.10. The first-order chi connectivity index (χ1) is 14.6. The van der Waals surface area contributed by atoms with Crippen molar-refractivity contribution in [1.29, 1.82) is 0 Å². The molecule has 0 spiro atoms. The molecule has 5 rings (SSSR count). The number of aromatic nitrogens is 1. The normalized spacial score (nSPS) is 28.6. The van der Waals surface area contributed by atoms with Gasteiger partial charge in [0.1, 0.15) is 0 Å². The molecule has 2 N–H and O–H groups in total. The minimum Gasteiger partial charge on any atom is -0.483 e. The van der Waals surface area contributed by atoms with Crippen molar-refractivity contribution in [3.63, 3.8) is 0 Å². The molecule has 2 aromatic rings. The molecule has 4 atom stereocenters. The highest BCUT2D eigenvalue weighted by molar-refractivity contribution is 6.06. The van der Waals surface area contributed by atoms with Crippen LogP contribution in [0.15, 0.2) is 36.7 Å². The van der Waals surface area contributed by atoms with Gasteiger partial charge in [0.25, 0.3) is 12.4 Å². The summed E-state index contributed by atoms with van der Waals surface area (Å²) in [5.74, 6) is 1.06. The van der Waals surface area contributed by atoms with E-state index < -0.39 is 0 Å². The molecule has 30 heavy (non-hydrogen) atoms. The molecule has 7 heteroatoms. The second-order valence-corrected chi connectivity index (χ2v) is 8.59. The first-order valence-corrected chi connectivity index (χ1v) is 10.7. The fourth-order valence-corrected chi connectivity index (χ4v) is 5.52. The first kappa shape index (κ1) is 20.8. The third-order valence-electron chi connectivity index (χ3n) is 6.92. The lowest BCUT2D eigenvalue weighted by Crippen LogP contribution is -2.48. The number of fused-ring (bicyclic) bond motifs is 2. The molecule has 7 nitrogen and oxygen atoms in total. The van der Waals surface area contributed by atoms with Crippen molar-refractivity contribution >= 4 is 23.2 Å². The highest BCUT2D eigenvalue weighted by Gasteiger charge is 2.45. The van der Waals surface area contributed by atoms with Gasteiger partial charge in [-0.15, -0.1) is 0 Å². The predicted octanol–water partition coefficient (Wildman–Crippen LogP) is 2.24. The van der Waals surface area contributed by atoms with Crippen LogP contribution in [0.4, 0.5) is 0 Å². The van der Waals surface area contributed by atoms with Crippen molar-refractivity contribution in [2.75, 3.05) is 26.2 Å². The largest absolute Gasteiger partial charge is 0.483 e. The Morgan fingerprint density at radius 1 is 1.10 bits per heavy atom. The predicted molar refractivity (Wildman–Crippen MR) is 113 cm³/mol. The standard InChI is InChI=1S/C22H27N3O2.CH2O2/c26-21-11-17-14-25(13-16(17)10-20(21)24-8-1-2-9-24)22(27)19-5-3-4-15-12-23-7-6-18(15)19;2-1-3/h3-7,12,16-17,20-21,26H,1-2,8-11,13-14H2;1H,(H,2,3)/t16-,17+,20-,21-;/m1./s1. The molecule has 0 radical (unpaired) electrons. The maximum absolute atomic E-state index is 13.3. The van der Waals surface area contributed by atoms with Crippen molar-refractivity contribution in [1.82, 2.24) is 14.8 Å². The molecule has 3 aliphatic rings. The topological polar surface area (TPSA) is 94.0 Å². The van der Waals surface area contributed by atoms with E-state index in [1.165, 1.54) is 12.8 Å². The number of aliphatic hydroxyl groups is 1. The summed E-state index contributed by atoms with van der Waals surface area (Å²) < 4.78 is 0. The van der Waals surface area contributed by atoms with Crippen LogP contribution in [0.5, 0.6) is 0 Å². The van der Waals surface area contributed by atoms with E-state index in [0.717, 1.165) is 55.4 Å². The molecule has 1 aliphatic carbocycles. The lowest BCUT2D eigenvalue weighted by molar-refractivity contribution is -0.122. The van der Waals surface area contributed by atoms with Gasteiger partial charge in [0.05, 0.1) is 6.10 Å². The van der Waals surface area contributed by atoms with Gasteiger partial charge in [-0.05, 0) is 68.1 Å². The smallest absolute Gasteiger partial charge is 0.290 e. The number of aliphatic hydroxyl groups excluding tert-OH is 1. The minimum absolute atomic E-state index is 0.119. The Morgan fingerprint density at radius 3 is 2.53 bits per heavy atom. The number of carbonyl (C=O) groups is 2. The van der Waals surface area contributed by atoms with E-state index in [2.05, 4.69) is 9.88 Å². The molecule has 0 bridgehead atoms. The fourth-order valence-electron chi connectivity index (χ4n) is 5.52. The van der Waals surface area contributed by atoms with Gasteiger partial charge in [-0.25, -0.2) is 0 Å². The van der Waals surface area contributed by atoms with Crippen LogP contribution in [0.25, 0.3) is 10.8 Å². The van der Waals surface area contributed by atoms with Crippen LogP contribution in [0, 0.1) is 11.8 Å². The third-order valence-corrected chi connectivity index (χ3v) is 6.92. The number of pyridine rings is 1. The Bertz CT molecular complexity index is 894. The van der Waals surface area contributed by atoms with Gasteiger partial charge in [-0.2, -0.15) is 0 Å². The fraction of sp³-hybridized carbons (Fsp3) is 0.522. The number of hydrogen-bond donors (Lipinski definition) is 2. The first-order valence-electron chi connectivity index (χ1n) is 10.7. The number of rotatable bonds is 2. The molecule has 2 aliphatic heterocycles. The highest BCUT2D eigenvalue weighted by atomic mass is 16.3. The van der Waals surface area contributed by atoms with Gasteiger partial charge in [0.2, 0.25) is 0 Å². The summed E-state index contributed by atoms with van der Waals surface area (Å²) in [6, 6.07) is 8.08. The summed E-state index contributed by atoms with van der Waals surface area (Å²) in [7, 11) is 0. The maximum atomic E-state index is 13.3. The zero-order valence-corrected chi connectivity index (χ0v) is 17.1. The van der Waals surface area contributed by atoms with Crippen LogP contribution in [0.3, 0.4) is 0 Å². The van der Waals surface area contributed by atoms with Crippen molar-refractivity contribution in [3.8, 4) is 0 Å². The summed E-state index contributed by atoms with van der Waals surface area (Å²) in [5, 5.41) is 19.6.